The van der Waals surface area contributed by atoms with Gasteiger partial charge in [0.2, 0.25) is 0 Å². The van der Waals surface area contributed by atoms with E-state index in [1.54, 1.807) is 12.1 Å². The second kappa shape index (κ2) is 10.9. The van der Waals surface area contributed by atoms with Crippen molar-refractivity contribution in [3.63, 3.8) is 0 Å². The van der Waals surface area contributed by atoms with E-state index in [1.165, 1.54) is 36.4 Å². The molecule has 0 heterocycles. The first kappa shape index (κ1) is 22.0. The van der Waals surface area contributed by atoms with Gasteiger partial charge in [0.1, 0.15) is 0 Å². The lowest BCUT2D eigenvalue weighted by molar-refractivity contribution is -0.385. The van der Waals surface area contributed by atoms with Crippen LogP contribution in [0, 0.1) is 20.2 Å². The molecule has 9 nitrogen and oxygen atoms in total. The molecule has 2 aromatic rings. The Bertz CT molecular complexity index is 837. The molecule has 0 atom stereocenters. The largest absolute Gasteiger partial charge is 0.352 e. The van der Waals surface area contributed by atoms with Crippen LogP contribution in [0.2, 0.25) is 0 Å². The molecular formula is C20H24N4O5. The van der Waals surface area contributed by atoms with Gasteiger partial charge in [-0.15, -0.1) is 0 Å². The number of likely N-dealkylation sites (N-methyl/N-ethyl adjacent to an activating group) is 1. The van der Waals surface area contributed by atoms with Gasteiger partial charge in [-0.25, -0.2) is 0 Å². The zero-order valence-corrected chi connectivity index (χ0v) is 16.2. The highest BCUT2D eigenvalue weighted by Gasteiger charge is 2.10. The van der Waals surface area contributed by atoms with Crippen molar-refractivity contribution >= 4 is 17.3 Å². The van der Waals surface area contributed by atoms with Crippen molar-refractivity contribution in [2.75, 3.05) is 26.2 Å². The Labute approximate surface area is 168 Å². The highest BCUT2D eigenvalue weighted by molar-refractivity contribution is 5.94. The van der Waals surface area contributed by atoms with Crippen LogP contribution >= 0.6 is 0 Å². The molecule has 0 aliphatic carbocycles. The van der Waals surface area contributed by atoms with Gasteiger partial charge in [0, 0.05) is 42.9 Å². The van der Waals surface area contributed by atoms with Gasteiger partial charge in [0.25, 0.3) is 17.3 Å². The number of rotatable bonds is 11. The quantitative estimate of drug-likeness (QED) is 0.351. The molecule has 0 fully saturated rings. The monoisotopic (exact) mass is 400 g/mol. The van der Waals surface area contributed by atoms with Gasteiger partial charge in [0.15, 0.2) is 0 Å². The van der Waals surface area contributed by atoms with E-state index >= 15 is 0 Å². The van der Waals surface area contributed by atoms with Crippen molar-refractivity contribution in [1.82, 2.24) is 10.2 Å². The molecule has 9 heteroatoms. The predicted octanol–water partition coefficient (Wildman–Crippen LogP) is 3.19. The molecule has 0 aliphatic heterocycles. The Balaban J connectivity index is 1.71. The molecule has 0 bridgehead atoms. The molecule has 0 aliphatic rings. The second-order valence-corrected chi connectivity index (χ2v) is 6.52. The zero-order chi connectivity index (χ0) is 21.2. The topological polar surface area (TPSA) is 119 Å². The molecular weight excluding hydrogens is 376 g/mol. The van der Waals surface area contributed by atoms with Crippen molar-refractivity contribution in [2.45, 2.75) is 19.8 Å². The summed E-state index contributed by atoms with van der Waals surface area (Å²) in [6, 6.07) is 12.1. The number of amides is 1. The van der Waals surface area contributed by atoms with Crippen LogP contribution in [0.15, 0.2) is 48.5 Å². The Morgan fingerprint density at radius 2 is 1.48 bits per heavy atom. The van der Waals surface area contributed by atoms with Crippen LogP contribution in [0.25, 0.3) is 0 Å². The maximum atomic E-state index is 12.1. The minimum Gasteiger partial charge on any atom is -0.352 e. The van der Waals surface area contributed by atoms with E-state index in [0.29, 0.717) is 12.1 Å². The summed E-state index contributed by atoms with van der Waals surface area (Å²) in [6.07, 6.45) is 1.56. The minimum absolute atomic E-state index is 0.0480. The highest BCUT2D eigenvalue weighted by Crippen LogP contribution is 2.13. The van der Waals surface area contributed by atoms with Crippen LogP contribution < -0.4 is 5.32 Å². The smallest absolute Gasteiger partial charge is 0.269 e. The van der Waals surface area contributed by atoms with E-state index in [0.717, 1.165) is 38.0 Å². The van der Waals surface area contributed by atoms with Gasteiger partial charge in [-0.3, -0.25) is 25.0 Å². The molecule has 29 heavy (non-hydrogen) atoms. The van der Waals surface area contributed by atoms with E-state index in [9.17, 15) is 25.0 Å². The summed E-state index contributed by atoms with van der Waals surface area (Å²) in [4.78, 5) is 34.8. The molecule has 0 radical (unpaired) electrons. The number of benzene rings is 2. The Kier molecular flexibility index (Phi) is 8.23. The molecule has 0 unspecified atom stereocenters. The lowest BCUT2D eigenvalue weighted by Gasteiger charge is -2.20. The van der Waals surface area contributed by atoms with Gasteiger partial charge in [-0.2, -0.15) is 0 Å². The molecule has 0 saturated carbocycles. The minimum atomic E-state index is -0.502. The van der Waals surface area contributed by atoms with E-state index in [4.69, 9.17) is 0 Å². The van der Waals surface area contributed by atoms with Gasteiger partial charge in [-0.1, -0.05) is 19.1 Å². The third-order valence-corrected chi connectivity index (χ3v) is 4.59. The molecule has 0 aromatic heterocycles. The zero-order valence-electron chi connectivity index (χ0n) is 16.2. The van der Waals surface area contributed by atoms with Crippen LogP contribution in [0.5, 0.6) is 0 Å². The first-order valence-corrected chi connectivity index (χ1v) is 9.39. The maximum Gasteiger partial charge on any atom is 0.269 e. The normalized spacial score (nSPS) is 10.7. The average molecular weight is 400 g/mol. The van der Waals surface area contributed by atoms with E-state index in [1.807, 2.05) is 0 Å². The fraction of sp³-hybridized carbons (Fsp3) is 0.350. The Morgan fingerprint density at radius 3 is 2.00 bits per heavy atom. The molecule has 0 saturated heterocycles. The molecule has 1 amide bonds. The van der Waals surface area contributed by atoms with Gasteiger partial charge in [0.05, 0.1) is 9.85 Å². The number of non-ortho nitro benzene ring substituents is 2. The summed E-state index contributed by atoms with van der Waals surface area (Å²) in [7, 11) is 0. The van der Waals surface area contributed by atoms with Crippen molar-refractivity contribution in [3.05, 3.63) is 79.9 Å². The van der Waals surface area contributed by atoms with E-state index in [-0.39, 0.29) is 17.3 Å². The summed E-state index contributed by atoms with van der Waals surface area (Å²) in [5.74, 6) is -0.256. The van der Waals surface area contributed by atoms with E-state index in [2.05, 4.69) is 17.1 Å². The number of nitrogens with zero attached hydrogens (tertiary/aromatic N) is 3. The fourth-order valence-electron chi connectivity index (χ4n) is 2.84. The van der Waals surface area contributed by atoms with Crippen LogP contribution in [-0.4, -0.2) is 46.8 Å². The first-order valence-electron chi connectivity index (χ1n) is 9.39. The number of nitrogens with one attached hydrogen (secondary N) is 1. The fourth-order valence-corrected chi connectivity index (χ4v) is 2.84. The van der Waals surface area contributed by atoms with E-state index < -0.39 is 9.85 Å². The number of nitro benzene ring substituents is 2. The molecule has 2 aromatic carbocycles. The summed E-state index contributed by atoms with van der Waals surface area (Å²) < 4.78 is 0. The number of nitro groups is 2. The van der Waals surface area contributed by atoms with Gasteiger partial charge in [-0.05, 0) is 43.6 Å². The summed E-state index contributed by atoms with van der Waals surface area (Å²) in [5.41, 5.74) is 1.47. The highest BCUT2D eigenvalue weighted by atomic mass is 16.6. The van der Waals surface area contributed by atoms with Crippen molar-refractivity contribution < 1.29 is 14.6 Å². The lowest BCUT2D eigenvalue weighted by atomic mass is 10.1. The van der Waals surface area contributed by atoms with Crippen LogP contribution in [-0.2, 0) is 6.42 Å². The maximum absolute atomic E-state index is 12.1. The Hall–Kier alpha value is -3.33. The molecule has 154 valence electrons. The summed E-state index contributed by atoms with van der Waals surface area (Å²) >= 11 is 0. The summed E-state index contributed by atoms with van der Waals surface area (Å²) in [5, 5.41) is 24.2. The van der Waals surface area contributed by atoms with Crippen molar-refractivity contribution in [3.8, 4) is 0 Å². The Morgan fingerprint density at radius 1 is 0.931 bits per heavy atom. The SMILES string of the molecule is CCN(CCCNC(=O)c1ccc([N+](=O)[O-])cc1)CCc1ccc([N+](=O)[O-])cc1. The first-order chi connectivity index (χ1) is 13.9. The van der Waals surface area contributed by atoms with Gasteiger partial charge >= 0.3 is 0 Å². The summed E-state index contributed by atoms with van der Waals surface area (Å²) in [6.45, 7) is 5.06. The van der Waals surface area contributed by atoms with Crippen molar-refractivity contribution in [1.29, 1.82) is 0 Å². The van der Waals surface area contributed by atoms with Crippen LogP contribution in [0.1, 0.15) is 29.3 Å². The average Bonchev–Trinajstić information content (AvgIpc) is 2.73. The number of hydrogen-bond donors (Lipinski definition) is 1. The molecule has 1 N–H and O–H groups in total. The standard InChI is InChI=1S/C20H24N4O5/c1-2-22(15-12-16-4-8-18(9-5-16)23(26)27)14-3-13-21-20(25)17-6-10-19(11-7-17)24(28)29/h4-11H,2-3,12-15H2,1H3,(H,21,25). The number of hydrogen-bond acceptors (Lipinski definition) is 6. The van der Waals surface area contributed by atoms with Crippen molar-refractivity contribution in [2.24, 2.45) is 0 Å². The third kappa shape index (κ3) is 6.96. The number of carbonyl (C=O) groups excluding carboxylic acids is 1. The predicted molar refractivity (Wildman–Crippen MR) is 109 cm³/mol. The van der Waals surface area contributed by atoms with Crippen LogP contribution in [0.4, 0.5) is 11.4 Å². The second-order valence-electron chi connectivity index (χ2n) is 6.52. The number of carbonyl (C=O) groups is 1. The third-order valence-electron chi connectivity index (χ3n) is 4.59. The van der Waals surface area contributed by atoms with Gasteiger partial charge < -0.3 is 10.2 Å². The van der Waals surface area contributed by atoms with Crippen LogP contribution in [0.3, 0.4) is 0 Å². The molecule has 0 spiro atoms. The lowest BCUT2D eigenvalue weighted by Crippen LogP contribution is -2.31. The molecule has 2 rings (SSSR count).